The zero-order valence-electron chi connectivity index (χ0n) is 9.77. The van der Waals surface area contributed by atoms with E-state index in [1.165, 1.54) is 5.56 Å². The maximum atomic E-state index is 11.2. The van der Waals surface area contributed by atoms with Gasteiger partial charge in [-0.3, -0.25) is 0 Å². The largest absolute Gasteiger partial charge is 0.478 e. The van der Waals surface area contributed by atoms with Crippen LogP contribution in [0.1, 0.15) is 21.5 Å². The molecule has 0 aromatic heterocycles. The number of benzene rings is 2. The lowest BCUT2D eigenvalue weighted by atomic mass is 10.00. The third-order valence-corrected chi connectivity index (χ3v) is 3.32. The Labute approximate surface area is 114 Å². The highest BCUT2D eigenvalue weighted by Crippen LogP contribution is 2.18. The van der Waals surface area contributed by atoms with Crippen LogP contribution in [-0.4, -0.2) is 11.1 Å². The van der Waals surface area contributed by atoms with Crippen LogP contribution in [0.15, 0.2) is 53.0 Å². The molecule has 0 radical (unpaired) electrons. The number of hydrogen-bond donors (Lipinski definition) is 1. The van der Waals surface area contributed by atoms with Crippen molar-refractivity contribution in [1.82, 2.24) is 0 Å². The summed E-state index contributed by atoms with van der Waals surface area (Å²) < 4.78 is 0.795. The van der Waals surface area contributed by atoms with Gasteiger partial charge in [0.2, 0.25) is 0 Å². The van der Waals surface area contributed by atoms with E-state index >= 15 is 0 Å². The summed E-state index contributed by atoms with van der Waals surface area (Å²) in [5.41, 5.74) is 2.46. The van der Waals surface area contributed by atoms with Crippen molar-refractivity contribution in [3.63, 3.8) is 0 Å². The smallest absolute Gasteiger partial charge is 0.336 e. The van der Waals surface area contributed by atoms with Crippen LogP contribution < -0.4 is 0 Å². The summed E-state index contributed by atoms with van der Waals surface area (Å²) in [6.07, 6.45) is 1.58. The number of carbonyl (C=O) groups is 1. The second-order valence-corrected chi connectivity index (χ2v) is 5.01. The normalized spacial score (nSPS) is 10.3. The molecule has 1 N–H and O–H groups in total. The summed E-state index contributed by atoms with van der Waals surface area (Å²) in [6.45, 7) is 0. The van der Waals surface area contributed by atoms with Crippen LogP contribution in [0.25, 0.3) is 0 Å². The van der Waals surface area contributed by atoms with Gasteiger partial charge in [-0.25, -0.2) is 4.79 Å². The molecule has 0 saturated heterocycles. The first-order chi connectivity index (χ1) is 8.66. The topological polar surface area (TPSA) is 37.3 Å². The van der Waals surface area contributed by atoms with E-state index in [1.807, 2.05) is 30.3 Å². The molecular weight excluding hydrogens is 292 g/mol. The van der Waals surface area contributed by atoms with E-state index in [2.05, 4.69) is 28.1 Å². The fourth-order valence-electron chi connectivity index (χ4n) is 1.89. The van der Waals surface area contributed by atoms with Crippen molar-refractivity contribution in [3.05, 3.63) is 69.7 Å². The fourth-order valence-corrected chi connectivity index (χ4v) is 2.25. The third kappa shape index (κ3) is 3.20. The van der Waals surface area contributed by atoms with Crippen LogP contribution in [0.3, 0.4) is 0 Å². The molecule has 0 bridgehead atoms. The molecule has 18 heavy (non-hydrogen) atoms. The summed E-state index contributed by atoms with van der Waals surface area (Å²) in [5, 5.41) is 9.17. The molecule has 0 heterocycles. The number of halogens is 1. The molecule has 0 aliphatic rings. The van der Waals surface area contributed by atoms with E-state index in [0.717, 1.165) is 22.9 Å². The predicted octanol–water partition coefficient (Wildman–Crippen LogP) is 3.93. The first-order valence-corrected chi connectivity index (χ1v) is 6.52. The van der Waals surface area contributed by atoms with Gasteiger partial charge in [0.1, 0.15) is 0 Å². The average molecular weight is 305 g/mol. The highest BCUT2D eigenvalue weighted by Gasteiger charge is 2.10. The van der Waals surface area contributed by atoms with Gasteiger partial charge in [0.05, 0.1) is 5.56 Å². The first kappa shape index (κ1) is 12.8. The van der Waals surface area contributed by atoms with Crippen LogP contribution in [0, 0.1) is 0 Å². The molecule has 0 saturated carbocycles. The monoisotopic (exact) mass is 304 g/mol. The highest BCUT2D eigenvalue weighted by atomic mass is 79.9. The van der Waals surface area contributed by atoms with Crippen LogP contribution in [-0.2, 0) is 12.8 Å². The van der Waals surface area contributed by atoms with Gasteiger partial charge in [-0.15, -0.1) is 0 Å². The summed E-state index contributed by atoms with van der Waals surface area (Å²) in [7, 11) is 0. The molecule has 0 spiro atoms. The van der Waals surface area contributed by atoms with Crippen LogP contribution in [0.4, 0.5) is 0 Å². The van der Waals surface area contributed by atoms with Gasteiger partial charge < -0.3 is 5.11 Å². The molecule has 2 nitrogen and oxygen atoms in total. The Morgan fingerprint density at radius 2 is 1.78 bits per heavy atom. The van der Waals surface area contributed by atoms with Crippen molar-refractivity contribution in [3.8, 4) is 0 Å². The number of rotatable bonds is 4. The van der Waals surface area contributed by atoms with Gasteiger partial charge in [0.15, 0.2) is 0 Å². The quantitative estimate of drug-likeness (QED) is 0.929. The zero-order valence-corrected chi connectivity index (χ0v) is 11.4. The minimum Gasteiger partial charge on any atom is -0.478 e. The number of aryl methyl sites for hydroxylation is 2. The maximum Gasteiger partial charge on any atom is 0.336 e. The van der Waals surface area contributed by atoms with Crippen molar-refractivity contribution < 1.29 is 9.90 Å². The van der Waals surface area contributed by atoms with Crippen molar-refractivity contribution in [1.29, 1.82) is 0 Å². The molecular formula is C15H13BrO2. The highest BCUT2D eigenvalue weighted by molar-refractivity contribution is 9.10. The van der Waals surface area contributed by atoms with E-state index in [1.54, 1.807) is 6.07 Å². The Bertz CT molecular complexity index is 550. The molecule has 2 rings (SSSR count). The van der Waals surface area contributed by atoms with E-state index in [4.69, 9.17) is 5.11 Å². The molecule has 0 aliphatic heterocycles. The second kappa shape index (κ2) is 5.83. The van der Waals surface area contributed by atoms with Gasteiger partial charge in [-0.1, -0.05) is 52.3 Å². The number of hydrogen-bond acceptors (Lipinski definition) is 1. The van der Waals surface area contributed by atoms with Crippen LogP contribution in [0.2, 0.25) is 0 Å². The Hall–Kier alpha value is -1.61. The van der Waals surface area contributed by atoms with E-state index in [0.29, 0.717) is 5.56 Å². The van der Waals surface area contributed by atoms with Gasteiger partial charge >= 0.3 is 5.97 Å². The lowest BCUT2D eigenvalue weighted by Gasteiger charge is -2.07. The van der Waals surface area contributed by atoms with Gasteiger partial charge in [-0.05, 0) is 36.1 Å². The maximum absolute atomic E-state index is 11.2. The van der Waals surface area contributed by atoms with Gasteiger partial charge in [0.25, 0.3) is 0 Å². The molecule has 0 atom stereocenters. The molecule has 3 heteroatoms. The third-order valence-electron chi connectivity index (χ3n) is 2.83. The van der Waals surface area contributed by atoms with Crippen molar-refractivity contribution >= 4 is 21.9 Å². The first-order valence-electron chi connectivity index (χ1n) is 5.72. The molecule has 0 unspecified atom stereocenters. The lowest BCUT2D eigenvalue weighted by molar-refractivity contribution is 0.0695. The summed E-state index contributed by atoms with van der Waals surface area (Å²) in [5.74, 6) is -0.876. The summed E-state index contributed by atoms with van der Waals surface area (Å²) in [6, 6.07) is 15.5. The molecule has 0 fully saturated rings. The molecule has 2 aromatic carbocycles. The zero-order chi connectivity index (χ0) is 13.0. The van der Waals surface area contributed by atoms with E-state index in [-0.39, 0.29) is 0 Å². The molecule has 0 amide bonds. The Balaban J connectivity index is 2.17. The fraction of sp³-hybridized carbons (Fsp3) is 0.133. The predicted molar refractivity (Wildman–Crippen MR) is 75.0 cm³/mol. The standard InChI is InChI=1S/C15H13BrO2/c16-13-9-8-12(14(10-13)15(17)18)7-6-11-4-2-1-3-5-11/h1-5,8-10H,6-7H2,(H,17,18). The second-order valence-electron chi connectivity index (χ2n) is 4.09. The van der Waals surface area contributed by atoms with Crippen molar-refractivity contribution in [2.24, 2.45) is 0 Å². The van der Waals surface area contributed by atoms with Crippen molar-refractivity contribution in [2.45, 2.75) is 12.8 Å². The molecule has 2 aromatic rings. The minimum absolute atomic E-state index is 0.375. The van der Waals surface area contributed by atoms with E-state index in [9.17, 15) is 4.79 Å². The van der Waals surface area contributed by atoms with Gasteiger partial charge in [-0.2, -0.15) is 0 Å². The van der Waals surface area contributed by atoms with E-state index < -0.39 is 5.97 Å². The number of carboxylic acid groups (broad SMARTS) is 1. The Morgan fingerprint density at radius 3 is 2.44 bits per heavy atom. The van der Waals surface area contributed by atoms with Crippen molar-refractivity contribution in [2.75, 3.05) is 0 Å². The van der Waals surface area contributed by atoms with Crippen LogP contribution in [0.5, 0.6) is 0 Å². The summed E-state index contributed by atoms with van der Waals surface area (Å²) in [4.78, 5) is 11.2. The molecule has 0 aliphatic carbocycles. The number of carboxylic acids is 1. The number of aromatic carboxylic acids is 1. The summed E-state index contributed by atoms with van der Waals surface area (Å²) >= 11 is 3.30. The van der Waals surface area contributed by atoms with Gasteiger partial charge in [0, 0.05) is 4.47 Å². The lowest BCUT2D eigenvalue weighted by Crippen LogP contribution is -2.03. The average Bonchev–Trinajstić information content (AvgIpc) is 2.38. The molecule has 92 valence electrons. The SMILES string of the molecule is O=C(O)c1cc(Br)ccc1CCc1ccccc1. The Morgan fingerprint density at radius 1 is 1.06 bits per heavy atom. The minimum atomic E-state index is -0.876. The Kier molecular flexibility index (Phi) is 4.15. The van der Waals surface area contributed by atoms with Crippen LogP contribution >= 0.6 is 15.9 Å².